The topological polar surface area (TPSA) is 55.6 Å². The molecule has 0 bridgehead atoms. The van der Waals surface area contributed by atoms with Crippen molar-refractivity contribution >= 4 is 5.91 Å². The normalized spacial score (nSPS) is 36.5. The van der Waals surface area contributed by atoms with Gasteiger partial charge in [-0.25, -0.2) is 0 Å². The average Bonchev–Trinajstić information content (AvgIpc) is 2.23. The van der Waals surface area contributed by atoms with Crippen LogP contribution in [0.4, 0.5) is 0 Å². The Bertz CT molecular complexity index is 309. The molecule has 98 valence electrons. The first-order valence-corrected chi connectivity index (χ1v) is 6.51. The van der Waals surface area contributed by atoms with Gasteiger partial charge in [-0.15, -0.1) is 0 Å². The van der Waals surface area contributed by atoms with Crippen LogP contribution >= 0.6 is 0 Å². The van der Waals surface area contributed by atoms with Gasteiger partial charge in [-0.1, -0.05) is 6.92 Å². The molecule has 1 heterocycles. The molecule has 1 amide bonds. The number of amides is 1. The summed E-state index contributed by atoms with van der Waals surface area (Å²) in [6, 6.07) is 0. The number of hydrogen-bond acceptors (Lipinski definition) is 3. The molecule has 0 aromatic heterocycles. The van der Waals surface area contributed by atoms with Gasteiger partial charge in [0.25, 0.3) is 0 Å². The number of nitrogens with zero attached hydrogens (tertiary/aromatic N) is 1. The SMILES string of the molecule is CC1CC(CN)(C(=O)N2CCOCC2(C)C)C1. The Morgan fingerprint density at radius 2 is 2.12 bits per heavy atom. The van der Waals surface area contributed by atoms with E-state index in [0.29, 0.717) is 32.2 Å². The van der Waals surface area contributed by atoms with Crippen molar-refractivity contribution in [3.05, 3.63) is 0 Å². The second-order valence-electron chi connectivity index (χ2n) is 6.32. The molecular weight excluding hydrogens is 216 g/mol. The first-order chi connectivity index (χ1) is 7.91. The second-order valence-corrected chi connectivity index (χ2v) is 6.32. The highest BCUT2D eigenvalue weighted by Crippen LogP contribution is 2.47. The molecule has 2 fully saturated rings. The van der Waals surface area contributed by atoms with Crippen molar-refractivity contribution in [2.24, 2.45) is 17.1 Å². The Labute approximate surface area is 103 Å². The molecule has 1 aliphatic heterocycles. The molecule has 0 radical (unpaired) electrons. The van der Waals surface area contributed by atoms with Crippen LogP contribution in [0.5, 0.6) is 0 Å². The van der Waals surface area contributed by atoms with E-state index in [-0.39, 0.29) is 16.9 Å². The van der Waals surface area contributed by atoms with E-state index in [9.17, 15) is 4.79 Å². The lowest BCUT2D eigenvalue weighted by Gasteiger charge is -2.51. The highest BCUT2D eigenvalue weighted by atomic mass is 16.5. The van der Waals surface area contributed by atoms with Crippen LogP contribution in [-0.4, -0.2) is 42.6 Å². The third-order valence-corrected chi connectivity index (χ3v) is 4.21. The van der Waals surface area contributed by atoms with E-state index < -0.39 is 0 Å². The van der Waals surface area contributed by atoms with Crippen LogP contribution in [0, 0.1) is 11.3 Å². The van der Waals surface area contributed by atoms with Crippen molar-refractivity contribution in [1.82, 2.24) is 4.90 Å². The molecule has 0 atom stereocenters. The summed E-state index contributed by atoms with van der Waals surface area (Å²) in [5.41, 5.74) is 5.37. The minimum absolute atomic E-state index is 0.198. The molecule has 2 aliphatic rings. The first kappa shape index (κ1) is 12.8. The summed E-state index contributed by atoms with van der Waals surface area (Å²) in [7, 11) is 0. The number of carbonyl (C=O) groups is 1. The number of nitrogens with two attached hydrogens (primary N) is 1. The Morgan fingerprint density at radius 3 is 2.59 bits per heavy atom. The minimum atomic E-state index is -0.284. The maximum Gasteiger partial charge on any atom is 0.230 e. The van der Waals surface area contributed by atoms with Crippen LogP contribution in [0.2, 0.25) is 0 Å². The minimum Gasteiger partial charge on any atom is -0.377 e. The molecule has 0 aromatic rings. The fourth-order valence-electron chi connectivity index (χ4n) is 3.22. The smallest absolute Gasteiger partial charge is 0.230 e. The lowest BCUT2D eigenvalue weighted by Crippen LogP contribution is -2.63. The number of hydrogen-bond donors (Lipinski definition) is 1. The number of rotatable bonds is 2. The van der Waals surface area contributed by atoms with Crippen LogP contribution in [0.15, 0.2) is 0 Å². The molecule has 0 spiro atoms. The zero-order valence-corrected chi connectivity index (χ0v) is 11.2. The molecule has 17 heavy (non-hydrogen) atoms. The lowest BCUT2D eigenvalue weighted by atomic mass is 9.61. The number of ether oxygens (including phenoxy) is 1. The first-order valence-electron chi connectivity index (χ1n) is 6.51. The fourth-order valence-corrected chi connectivity index (χ4v) is 3.22. The number of carbonyl (C=O) groups excluding carboxylic acids is 1. The Hall–Kier alpha value is -0.610. The monoisotopic (exact) mass is 240 g/mol. The van der Waals surface area contributed by atoms with Gasteiger partial charge >= 0.3 is 0 Å². The van der Waals surface area contributed by atoms with Crippen molar-refractivity contribution in [2.45, 2.75) is 39.2 Å². The van der Waals surface area contributed by atoms with Crippen molar-refractivity contribution in [3.8, 4) is 0 Å². The Balaban J connectivity index is 2.13. The predicted octanol–water partition coefficient (Wildman–Crippen LogP) is 0.999. The second kappa shape index (κ2) is 4.25. The average molecular weight is 240 g/mol. The third kappa shape index (κ3) is 2.08. The molecule has 1 saturated heterocycles. The maximum absolute atomic E-state index is 12.7. The highest BCUT2D eigenvalue weighted by molar-refractivity contribution is 5.84. The van der Waals surface area contributed by atoms with E-state index in [4.69, 9.17) is 10.5 Å². The Kier molecular flexibility index (Phi) is 3.21. The molecule has 4 nitrogen and oxygen atoms in total. The molecule has 4 heteroatoms. The van der Waals surface area contributed by atoms with Crippen molar-refractivity contribution in [2.75, 3.05) is 26.3 Å². The van der Waals surface area contributed by atoms with Crippen LogP contribution in [-0.2, 0) is 9.53 Å². The van der Waals surface area contributed by atoms with E-state index in [2.05, 4.69) is 20.8 Å². The molecule has 1 saturated carbocycles. The summed E-state index contributed by atoms with van der Waals surface area (Å²) in [6.07, 6.45) is 1.88. The van der Waals surface area contributed by atoms with Gasteiger partial charge in [-0.2, -0.15) is 0 Å². The van der Waals surface area contributed by atoms with E-state index in [1.807, 2.05) is 4.90 Å². The van der Waals surface area contributed by atoms with Gasteiger partial charge in [0, 0.05) is 13.1 Å². The van der Waals surface area contributed by atoms with E-state index in [0.717, 1.165) is 12.8 Å². The van der Waals surface area contributed by atoms with Crippen LogP contribution < -0.4 is 5.73 Å². The van der Waals surface area contributed by atoms with Crippen LogP contribution in [0.3, 0.4) is 0 Å². The quantitative estimate of drug-likeness (QED) is 0.783. The summed E-state index contributed by atoms with van der Waals surface area (Å²) in [5, 5.41) is 0. The molecule has 0 unspecified atom stereocenters. The van der Waals surface area contributed by atoms with Gasteiger partial charge in [0.05, 0.1) is 24.2 Å². The van der Waals surface area contributed by atoms with Crippen LogP contribution in [0.1, 0.15) is 33.6 Å². The van der Waals surface area contributed by atoms with Gasteiger partial charge < -0.3 is 15.4 Å². The van der Waals surface area contributed by atoms with Crippen LogP contribution in [0.25, 0.3) is 0 Å². The van der Waals surface area contributed by atoms with E-state index in [1.54, 1.807) is 0 Å². The summed E-state index contributed by atoms with van der Waals surface area (Å²) in [5.74, 6) is 0.873. The summed E-state index contributed by atoms with van der Waals surface area (Å²) < 4.78 is 5.46. The van der Waals surface area contributed by atoms with Gasteiger partial charge in [0.15, 0.2) is 0 Å². The fraction of sp³-hybridized carbons (Fsp3) is 0.923. The summed E-state index contributed by atoms with van der Waals surface area (Å²) in [4.78, 5) is 14.7. The van der Waals surface area contributed by atoms with Gasteiger partial charge in [0.1, 0.15) is 0 Å². The molecule has 1 aliphatic carbocycles. The van der Waals surface area contributed by atoms with Gasteiger partial charge in [-0.05, 0) is 32.6 Å². The number of morpholine rings is 1. The van der Waals surface area contributed by atoms with Crippen molar-refractivity contribution in [3.63, 3.8) is 0 Å². The Morgan fingerprint density at radius 1 is 1.47 bits per heavy atom. The predicted molar refractivity (Wildman–Crippen MR) is 66.5 cm³/mol. The molecular formula is C13H24N2O2. The largest absolute Gasteiger partial charge is 0.377 e. The lowest BCUT2D eigenvalue weighted by molar-refractivity contribution is -0.164. The summed E-state index contributed by atoms with van der Waals surface area (Å²) >= 11 is 0. The van der Waals surface area contributed by atoms with E-state index in [1.165, 1.54) is 0 Å². The van der Waals surface area contributed by atoms with Gasteiger partial charge in [0.2, 0.25) is 5.91 Å². The molecule has 2 N–H and O–H groups in total. The van der Waals surface area contributed by atoms with Crippen molar-refractivity contribution in [1.29, 1.82) is 0 Å². The zero-order valence-electron chi connectivity index (χ0n) is 11.2. The van der Waals surface area contributed by atoms with Gasteiger partial charge in [-0.3, -0.25) is 4.79 Å². The van der Waals surface area contributed by atoms with Crippen molar-refractivity contribution < 1.29 is 9.53 Å². The highest BCUT2D eigenvalue weighted by Gasteiger charge is 2.51. The third-order valence-electron chi connectivity index (χ3n) is 4.21. The zero-order chi connectivity index (χ0) is 12.7. The molecule has 2 rings (SSSR count). The summed E-state index contributed by atoms with van der Waals surface area (Å²) in [6.45, 7) is 8.75. The standard InChI is InChI=1S/C13H24N2O2/c1-10-6-13(7-10,8-14)11(16)15-4-5-17-9-12(15,2)3/h10H,4-9,14H2,1-3H3. The molecule has 0 aromatic carbocycles. The van der Waals surface area contributed by atoms with E-state index >= 15 is 0 Å². The maximum atomic E-state index is 12.7.